The summed E-state index contributed by atoms with van der Waals surface area (Å²) < 4.78 is 0. The molecule has 492 valence electrons. The molecule has 95 heavy (non-hydrogen) atoms. The van der Waals surface area contributed by atoms with E-state index in [-0.39, 0.29) is 10.8 Å². The maximum Gasteiger partial charge on any atom is 0.161 e. The first-order valence-corrected chi connectivity index (χ1v) is 43.2. The summed E-state index contributed by atoms with van der Waals surface area (Å²) in [6.07, 6.45) is 18.6. The fourth-order valence-corrected chi connectivity index (χ4v) is 27.5. The maximum absolute atomic E-state index is 7.02. The second-order valence-corrected chi connectivity index (χ2v) is 45.4. The molecule has 0 heterocycles. The lowest BCUT2D eigenvalue weighted by molar-refractivity contribution is 0.585. The molecule has 0 nitrogen and oxygen atoms in total. The van der Waals surface area contributed by atoms with Gasteiger partial charge in [0, 0.05) is 16.6 Å². The smallest absolute Gasteiger partial charge is 0.161 e. The lowest BCUT2D eigenvalue weighted by Crippen LogP contribution is -2.42. The van der Waals surface area contributed by atoms with Crippen LogP contribution in [-0.2, 0) is 42.9 Å². The molecule has 6 aliphatic carbocycles. The first-order valence-electron chi connectivity index (χ1n) is 36.0. The van der Waals surface area contributed by atoms with Crippen molar-refractivity contribution in [1.29, 1.82) is 0 Å². The highest BCUT2D eigenvalue weighted by Gasteiger charge is 2.49. The summed E-state index contributed by atoms with van der Waals surface area (Å²) in [6.45, 7) is 56.0. The van der Waals surface area contributed by atoms with Crippen LogP contribution in [0.25, 0.3) is 68.8 Å². The van der Waals surface area contributed by atoms with Gasteiger partial charge in [-0.3, -0.25) is 0 Å². The number of benzene rings is 8. The molecule has 0 aliphatic heterocycles. The molecule has 3 unspecified atom stereocenters. The van der Waals surface area contributed by atoms with Crippen molar-refractivity contribution in [2.75, 3.05) is 0 Å². The van der Waals surface area contributed by atoms with E-state index >= 15 is 0 Å². The molecule has 0 N–H and O–H groups in total. The Hall–Kier alpha value is -6.56. The predicted octanol–water partition coefficient (Wildman–Crippen LogP) is 26.3. The van der Waals surface area contributed by atoms with Crippen LogP contribution in [0, 0.1) is 69.2 Å². The van der Waals surface area contributed by atoms with E-state index in [1.165, 1.54) is 183 Å². The molecule has 0 amide bonds. The topological polar surface area (TPSA) is 0 Å². The van der Waals surface area contributed by atoms with Crippen LogP contribution in [0.2, 0.25) is 26.2 Å². The van der Waals surface area contributed by atoms with Gasteiger partial charge in [-0.2, -0.15) is 11.1 Å². The molecule has 0 radical (unpaired) electrons. The number of allylic oxidation sites excluding steroid dienone is 4. The Morgan fingerprint density at radius 2 is 0.674 bits per heavy atom. The lowest BCUT2D eigenvalue weighted by atomic mass is 9.78. The Bertz CT molecular complexity index is 4550. The van der Waals surface area contributed by atoms with Gasteiger partial charge in [-0.05, 0) is 286 Å². The number of hydrogen-bond acceptors (Lipinski definition) is 0. The van der Waals surface area contributed by atoms with Gasteiger partial charge in [-0.1, -0.05) is 256 Å². The van der Waals surface area contributed by atoms with E-state index in [2.05, 4.69) is 286 Å². The van der Waals surface area contributed by atoms with Crippen LogP contribution in [0.1, 0.15) is 232 Å². The number of hydrogen-bond donors (Lipinski definition) is 0. The zero-order valence-electron chi connectivity index (χ0n) is 62.6. The van der Waals surface area contributed by atoms with Gasteiger partial charge in [-0.25, -0.2) is 0 Å². The van der Waals surface area contributed by atoms with Gasteiger partial charge in [0.05, 0.1) is 8.07 Å². The minimum Gasteiger partial charge on any atom is -0.167 e. The van der Waals surface area contributed by atoms with Crippen molar-refractivity contribution in [3.05, 3.63) is 253 Å². The number of fused-ring (bicyclic) bond motifs is 6. The molecule has 3 heteroatoms. The summed E-state index contributed by atoms with van der Waals surface area (Å²) in [6, 6.07) is 38.5. The van der Waals surface area contributed by atoms with E-state index in [1.54, 1.807) is 55.7 Å². The maximum atomic E-state index is 7.02. The third-order valence-corrected chi connectivity index (χ3v) is 29.7. The van der Waals surface area contributed by atoms with Crippen LogP contribution >= 0.6 is 11.1 Å². The molecule has 0 spiro atoms. The molecule has 0 saturated heterocycles. The summed E-state index contributed by atoms with van der Waals surface area (Å²) in [7, 11) is -3.91. The van der Waals surface area contributed by atoms with Crippen molar-refractivity contribution in [2.24, 2.45) is 0 Å². The highest BCUT2D eigenvalue weighted by Crippen LogP contribution is 2.58. The molecule has 0 bridgehead atoms. The van der Waals surface area contributed by atoms with Crippen LogP contribution in [0.15, 0.2) is 119 Å². The normalized spacial score (nSPS) is 17.6. The van der Waals surface area contributed by atoms with E-state index in [1.807, 2.05) is 0 Å². The van der Waals surface area contributed by atoms with Gasteiger partial charge in [0.1, 0.15) is 0 Å². The number of aryl methyl sites for hydroxylation is 10. The molecule has 0 aromatic heterocycles. The third-order valence-electron chi connectivity index (χ3n) is 22.4. The van der Waals surface area contributed by atoms with Gasteiger partial charge >= 0.3 is 0 Å². The Morgan fingerprint density at radius 3 is 1.06 bits per heavy atom. The average molecular weight is 1310 g/mol. The van der Waals surface area contributed by atoms with Crippen molar-refractivity contribution in [2.45, 2.75) is 237 Å². The van der Waals surface area contributed by atoms with Gasteiger partial charge in [-0.15, -0.1) is 0 Å². The van der Waals surface area contributed by atoms with E-state index in [0.717, 1.165) is 6.42 Å². The Morgan fingerprint density at radius 1 is 0.347 bits per heavy atom. The molecule has 8 aromatic carbocycles. The highest BCUT2D eigenvalue weighted by atomic mass is 35.6. The zero-order valence-corrected chi connectivity index (χ0v) is 65.4. The van der Waals surface area contributed by atoms with Crippen molar-refractivity contribution in [3.63, 3.8) is 0 Å². The quantitative estimate of drug-likeness (QED) is 0.110. The minimum atomic E-state index is -2.03. The fourth-order valence-electron chi connectivity index (χ4n) is 19.5. The summed E-state index contributed by atoms with van der Waals surface area (Å²) >= 11 is 7.02. The lowest BCUT2D eigenvalue weighted by Gasteiger charge is -2.40. The SMILES string of the molecule is CC1=Cc2c(cc(C(C)(C)C)c(C)c2-c2cc(C)cc(C)c2)C1[Si](C)(C)C1C(C)=Cc2c1cc1c(c2-c2cc(C)cc(C)c2)CCC1.CC1=Cc2c(cc(C(C)(C)C)c(C)c2-c2cc(C)cc(C)c2)C1[Si](C)(C)Cl.CC1=Cc2cc3c(c(-c4cc(C)cc(C)c4)c2C1)CCC3. The standard InChI is InChI=1S/C46H54Si.C25H33ClSi.C21H22/c1-26-16-27(2)19-34(18-26)42-32(7)41(46(8,9)10)25-40-37(42)22-30(5)45(40)47(11,12)44-31(6)23-38-39(44)24-33-14-13-15-36(33)43(38)35-20-28(3)17-29(4)21-35;1-15-10-16(2)12-19(11-15)23-18(4)22(25(5,6)7)14-21-20(23)13-17(3)24(21)27(8,9)26;1-13-7-14(2)10-18(9-13)21-19-6-4-5-16(19)12-17-8-15(3)11-20(17)21/h16-25,44-45H,13-15H2,1-12H3;10-14,24H,1-9H3;7-10,12H,4-6,11H2,1-3H3. The van der Waals surface area contributed by atoms with Crippen molar-refractivity contribution < 1.29 is 0 Å². The van der Waals surface area contributed by atoms with Crippen molar-refractivity contribution in [3.8, 4) is 44.5 Å². The summed E-state index contributed by atoms with van der Waals surface area (Å²) in [4.78, 5) is 0. The van der Waals surface area contributed by atoms with E-state index in [0.29, 0.717) is 16.6 Å². The van der Waals surface area contributed by atoms with Gasteiger partial charge in [0.15, 0.2) is 7.38 Å². The molecule has 0 saturated carbocycles. The number of halogens is 1. The van der Waals surface area contributed by atoms with Crippen LogP contribution in [0.3, 0.4) is 0 Å². The minimum absolute atomic E-state index is 0.0661. The van der Waals surface area contributed by atoms with Gasteiger partial charge in [0.2, 0.25) is 0 Å². The first kappa shape index (κ1) is 68.4. The summed E-state index contributed by atoms with van der Waals surface area (Å²) in [5, 5.41) is 0. The van der Waals surface area contributed by atoms with E-state index in [4.69, 9.17) is 11.1 Å². The summed E-state index contributed by atoms with van der Waals surface area (Å²) in [5.74, 6) is 0. The van der Waals surface area contributed by atoms with Crippen LogP contribution in [0.4, 0.5) is 0 Å². The number of rotatable bonds is 7. The molecule has 14 rings (SSSR count). The first-order chi connectivity index (χ1) is 44.5. The second-order valence-electron chi connectivity index (χ2n) is 33.9. The largest absolute Gasteiger partial charge is 0.167 e. The van der Waals surface area contributed by atoms with Crippen molar-refractivity contribution >= 4 is 50.8 Å². The van der Waals surface area contributed by atoms with Crippen molar-refractivity contribution in [1.82, 2.24) is 0 Å². The molecule has 8 aromatic rings. The van der Waals surface area contributed by atoms with E-state index in [9.17, 15) is 0 Å². The molecule has 6 aliphatic rings. The zero-order chi connectivity index (χ0) is 68.6. The van der Waals surface area contributed by atoms with E-state index < -0.39 is 15.5 Å². The Balaban J connectivity index is 0.000000151. The Labute approximate surface area is 581 Å². The van der Waals surface area contributed by atoms with Crippen LogP contribution in [-0.4, -0.2) is 15.5 Å². The monoisotopic (exact) mass is 1300 g/mol. The van der Waals surface area contributed by atoms with Crippen LogP contribution < -0.4 is 0 Å². The van der Waals surface area contributed by atoms with Gasteiger partial charge in [0.25, 0.3) is 0 Å². The summed E-state index contributed by atoms with van der Waals surface area (Å²) in [5.41, 5.74) is 54.2. The molecular weight excluding hydrogens is 1200 g/mol. The Kier molecular flexibility index (Phi) is 18.0. The molecule has 3 atom stereocenters. The average Bonchev–Trinajstić information content (AvgIpc) is 1.58. The predicted molar refractivity (Wildman–Crippen MR) is 424 cm³/mol. The van der Waals surface area contributed by atoms with Gasteiger partial charge < -0.3 is 0 Å². The highest BCUT2D eigenvalue weighted by molar-refractivity contribution is 7.20. The van der Waals surface area contributed by atoms with Crippen LogP contribution in [0.5, 0.6) is 0 Å². The molecule has 0 fully saturated rings. The third kappa shape index (κ3) is 12.8. The fraction of sp³-hybridized carbons (Fsp3) is 0.391. The second kappa shape index (κ2) is 25.1. The molecular formula is C92H109ClSi2.